The molecule has 1 amide bonds. The van der Waals surface area contributed by atoms with Gasteiger partial charge in [0.15, 0.2) is 0 Å². The summed E-state index contributed by atoms with van der Waals surface area (Å²) in [6.07, 6.45) is 8.22. The van der Waals surface area contributed by atoms with E-state index in [4.69, 9.17) is 0 Å². The van der Waals surface area contributed by atoms with E-state index in [9.17, 15) is 14.7 Å². The van der Waals surface area contributed by atoms with Gasteiger partial charge in [0.25, 0.3) is 0 Å². The second kappa shape index (κ2) is 5.14. The second-order valence-corrected chi connectivity index (χ2v) is 6.54. The van der Waals surface area contributed by atoms with Gasteiger partial charge in [-0.05, 0) is 43.9 Å². The van der Waals surface area contributed by atoms with Gasteiger partial charge < -0.3 is 10.4 Å². The molecule has 0 aromatic heterocycles. The topological polar surface area (TPSA) is 66.4 Å². The van der Waals surface area contributed by atoms with Crippen molar-refractivity contribution in [2.24, 2.45) is 23.7 Å². The fraction of sp³-hybridized carbons (Fsp3) is 0.867. The third kappa shape index (κ3) is 2.93. The first-order chi connectivity index (χ1) is 9.16. The quantitative estimate of drug-likeness (QED) is 0.766. The largest absolute Gasteiger partial charge is 0.481 e. The molecule has 0 aliphatic heterocycles. The number of aliphatic carboxylic acids is 1. The molecule has 4 atom stereocenters. The molecule has 0 aromatic rings. The summed E-state index contributed by atoms with van der Waals surface area (Å²) in [5.74, 6) is 0.570. The molecule has 0 radical (unpaired) electrons. The van der Waals surface area contributed by atoms with Gasteiger partial charge in [-0.1, -0.05) is 19.3 Å². The molecular formula is C15H23NO3. The van der Waals surface area contributed by atoms with Crippen LogP contribution in [0, 0.1) is 23.7 Å². The number of carboxylic acid groups (broad SMARTS) is 1. The molecule has 3 saturated carbocycles. The van der Waals surface area contributed by atoms with Crippen LogP contribution in [0.15, 0.2) is 0 Å². The Morgan fingerprint density at radius 1 is 0.947 bits per heavy atom. The summed E-state index contributed by atoms with van der Waals surface area (Å²) in [5, 5.41) is 12.3. The highest BCUT2D eigenvalue weighted by Gasteiger charge is 2.51. The maximum Gasteiger partial charge on any atom is 0.308 e. The molecule has 3 aliphatic carbocycles. The van der Waals surface area contributed by atoms with Crippen molar-refractivity contribution in [3.8, 4) is 0 Å². The molecule has 106 valence electrons. The number of nitrogens with one attached hydrogen (secondary N) is 1. The normalized spacial score (nSPS) is 38.3. The average molecular weight is 265 g/mol. The van der Waals surface area contributed by atoms with Crippen molar-refractivity contribution in [1.82, 2.24) is 5.32 Å². The van der Waals surface area contributed by atoms with E-state index in [0.717, 1.165) is 38.0 Å². The van der Waals surface area contributed by atoms with E-state index < -0.39 is 5.97 Å². The van der Waals surface area contributed by atoms with E-state index >= 15 is 0 Å². The maximum atomic E-state index is 12.2. The summed E-state index contributed by atoms with van der Waals surface area (Å²) in [5.41, 5.74) is 0. The monoisotopic (exact) mass is 265 g/mol. The van der Waals surface area contributed by atoms with Crippen LogP contribution in [0.25, 0.3) is 0 Å². The Morgan fingerprint density at radius 2 is 1.68 bits per heavy atom. The van der Waals surface area contributed by atoms with Gasteiger partial charge in [-0.3, -0.25) is 9.59 Å². The summed E-state index contributed by atoms with van der Waals surface area (Å²) >= 11 is 0. The molecule has 2 N–H and O–H groups in total. The molecule has 0 aromatic carbocycles. The first-order valence-electron chi connectivity index (χ1n) is 7.70. The van der Waals surface area contributed by atoms with Crippen molar-refractivity contribution >= 4 is 11.9 Å². The van der Waals surface area contributed by atoms with E-state index in [-0.39, 0.29) is 23.8 Å². The predicted octanol–water partition coefficient (Wildman–Crippen LogP) is 2.18. The zero-order valence-electron chi connectivity index (χ0n) is 11.3. The Labute approximate surface area is 113 Å². The molecule has 0 unspecified atom stereocenters. The van der Waals surface area contributed by atoms with Gasteiger partial charge in [-0.2, -0.15) is 0 Å². The van der Waals surface area contributed by atoms with Crippen molar-refractivity contribution in [3.63, 3.8) is 0 Å². The maximum absolute atomic E-state index is 12.2. The Morgan fingerprint density at radius 3 is 2.37 bits per heavy atom. The second-order valence-electron chi connectivity index (χ2n) is 6.54. The number of amides is 1. The van der Waals surface area contributed by atoms with Gasteiger partial charge in [0.1, 0.15) is 0 Å². The first-order valence-corrected chi connectivity index (χ1v) is 7.70. The lowest BCUT2D eigenvalue weighted by molar-refractivity contribution is -0.143. The third-order valence-corrected chi connectivity index (χ3v) is 5.06. The lowest BCUT2D eigenvalue weighted by Crippen LogP contribution is -2.43. The fourth-order valence-corrected chi connectivity index (χ4v) is 3.63. The summed E-state index contributed by atoms with van der Waals surface area (Å²) in [6.45, 7) is 0. The lowest BCUT2D eigenvalue weighted by atomic mass is 9.94. The minimum Gasteiger partial charge on any atom is -0.481 e. The SMILES string of the molecule is O=C(O)[C@@H]1CCCCC[C@@H]1NC(=O)[C@@H]1C[C@@H]1C1CC1. The molecule has 4 nitrogen and oxygen atoms in total. The number of hydrogen-bond acceptors (Lipinski definition) is 2. The van der Waals surface area contributed by atoms with Gasteiger partial charge >= 0.3 is 5.97 Å². The first kappa shape index (κ1) is 12.9. The van der Waals surface area contributed by atoms with E-state index in [1.807, 2.05) is 0 Å². The molecular weight excluding hydrogens is 242 g/mol. The van der Waals surface area contributed by atoms with Crippen LogP contribution in [0.4, 0.5) is 0 Å². The molecule has 0 bridgehead atoms. The lowest BCUT2D eigenvalue weighted by Gasteiger charge is -2.23. The number of rotatable bonds is 4. The molecule has 3 aliphatic rings. The summed E-state index contributed by atoms with van der Waals surface area (Å²) in [4.78, 5) is 23.5. The zero-order chi connectivity index (χ0) is 13.4. The number of carbonyl (C=O) groups excluding carboxylic acids is 1. The van der Waals surface area contributed by atoms with Crippen LogP contribution in [0.3, 0.4) is 0 Å². The van der Waals surface area contributed by atoms with E-state index in [1.165, 1.54) is 12.8 Å². The van der Waals surface area contributed by atoms with Gasteiger partial charge in [0.05, 0.1) is 5.92 Å². The standard InChI is InChI=1S/C15H23NO3/c17-14(12-8-11(12)9-6-7-9)16-13-5-3-1-2-4-10(13)15(18)19/h9-13H,1-8H2,(H,16,17)(H,18,19)/t10-,11-,12-,13+/m1/s1. The Kier molecular flexibility index (Phi) is 3.50. The summed E-state index contributed by atoms with van der Waals surface area (Å²) in [6, 6.07) is -0.145. The predicted molar refractivity (Wildman–Crippen MR) is 70.5 cm³/mol. The van der Waals surface area contributed by atoms with Crippen LogP contribution < -0.4 is 5.32 Å². The van der Waals surface area contributed by atoms with Crippen LogP contribution in [-0.2, 0) is 9.59 Å². The average Bonchev–Trinajstić information content (AvgIpc) is 3.21. The van der Waals surface area contributed by atoms with E-state index in [1.54, 1.807) is 0 Å². The molecule has 0 saturated heterocycles. The van der Waals surface area contributed by atoms with E-state index in [2.05, 4.69) is 5.32 Å². The minimum absolute atomic E-state index is 0.120. The van der Waals surface area contributed by atoms with Gasteiger partial charge in [-0.25, -0.2) is 0 Å². The number of carboxylic acids is 1. The van der Waals surface area contributed by atoms with Crippen LogP contribution in [-0.4, -0.2) is 23.0 Å². The van der Waals surface area contributed by atoms with Crippen molar-refractivity contribution in [2.75, 3.05) is 0 Å². The fourth-order valence-electron chi connectivity index (χ4n) is 3.63. The third-order valence-electron chi connectivity index (χ3n) is 5.06. The Hall–Kier alpha value is -1.06. The molecule has 3 fully saturated rings. The number of hydrogen-bond donors (Lipinski definition) is 2. The zero-order valence-corrected chi connectivity index (χ0v) is 11.3. The summed E-state index contributed by atoms with van der Waals surface area (Å²) in [7, 11) is 0. The van der Waals surface area contributed by atoms with Crippen LogP contribution in [0.2, 0.25) is 0 Å². The van der Waals surface area contributed by atoms with Gasteiger partial charge in [0.2, 0.25) is 5.91 Å². The molecule has 4 heteroatoms. The molecule has 0 spiro atoms. The van der Waals surface area contributed by atoms with Crippen LogP contribution >= 0.6 is 0 Å². The Bertz CT molecular complexity index is 378. The molecule has 3 rings (SSSR count). The van der Waals surface area contributed by atoms with Gasteiger partial charge in [-0.15, -0.1) is 0 Å². The van der Waals surface area contributed by atoms with Gasteiger partial charge in [0, 0.05) is 12.0 Å². The van der Waals surface area contributed by atoms with Crippen LogP contribution in [0.5, 0.6) is 0 Å². The van der Waals surface area contributed by atoms with Crippen molar-refractivity contribution in [3.05, 3.63) is 0 Å². The Balaban J connectivity index is 1.56. The van der Waals surface area contributed by atoms with Crippen molar-refractivity contribution < 1.29 is 14.7 Å². The van der Waals surface area contributed by atoms with Crippen molar-refractivity contribution in [1.29, 1.82) is 0 Å². The molecule has 0 heterocycles. The van der Waals surface area contributed by atoms with Crippen molar-refractivity contribution in [2.45, 2.75) is 57.4 Å². The highest BCUT2D eigenvalue weighted by atomic mass is 16.4. The highest BCUT2D eigenvalue weighted by Crippen LogP contribution is 2.54. The highest BCUT2D eigenvalue weighted by molar-refractivity contribution is 5.83. The minimum atomic E-state index is -0.748. The summed E-state index contributed by atoms with van der Waals surface area (Å²) < 4.78 is 0. The van der Waals surface area contributed by atoms with E-state index in [0.29, 0.717) is 12.3 Å². The smallest absolute Gasteiger partial charge is 0.308 e. The van der Waals surface area contributed by atoms with Crippen LogP contribution in [0.1, 0.15) is 51.4 Å². The number of carbonyl (C=O) groups is 2. The molecule has 19 heavy (non-hydrogen) atoms.